The van der Waals surface area contributed by atoms with Gasteiger partial charge < -0.3 is 10.8 Å². The van der Waals surface area contributed by atoms with Gasteiger partial charge in [-0.15, -0.1) is 0 Å². The first-order chi connectivity index (χ1) is 13.0. The predicted octanol–water partition coefficient (Wildman–Crippen LogP) is 4.11. The number of carboxylic acid groups (broad SMARTS) is 1. The lowest BCUT2D eigenvalue weighted by atomic mass is 10.0. The van der Waals surface area contributed by atoms with E-state index in [2.05, 4.69) is 0 Å². The van der Waals surface area contributed by atoms with Crippen molar-refractivity contribution in [3.63, 3.8) is 0 Å². The largest absolute Gasteiger partial charge is 0.478 e. The Balaban J connectivity index is 0.000000223. The van der Waals surface area contributed by atoms with Gasteiger partial charge in [0.25, 0.3) is 0 Å². The summed E-state index contributed by atoms with van der Waals surface area (Å²) in [5, 5.41) is 8.49. The normalized spacial score (nSPS) is 9.63. The smallest absolute Gasteiger partial charge is 0.337 e. The fraction of sp³-hybridized carbons (Fsp3) is 0.0455. The van der Waals surface area contributed by atoms with Crippen molar-refractivity contribution in [2.24, 2.45) is 0 Å². The third-order valence-corrected chi connectivity index (χ3v) is 3.70. The lowest BCUT2D eigenvalue weighted by Gasteiger charge is -2.00. The Bertz CT molecular complexity index is 872. The van der Waals surface area contributed by atoms with Crippen LogP contribution in [0.5, 0.6) is 0 Å². The molecule has 27 heavy (non-hydrogen) atoms. The third-order valence-electron chi connectivity index (χ3n) is 3.70. The quantitative estimate of drug-likeness (QED) is 0.405. The Morgan fingerprint density at radius 1 is 0.667 bits per heavy atom. The zero-order chi connectivity index (χ0) is 19.6. The van der Waals surface area contributed by atoms with Crippen molar-refractivity contribution in [2.75, 3.05) is 5.73 Å². The number of hydrogen-bond donors (Lipinski definition) is 2. The van der Waals surface area contributed by atoms with Gasteiger partial charge in [0, 0.05) is 16.8 Å². The van der Waals surface area contributed by atoms with E-state index in [0.29, 0.717) is 16.8 Å². The number of carboxylic acids is 1. The van der Waals surface area contributed by atoms with Crippen molar-refractivity contribution >= 4 is 23.2 Å². The molecule has 0 amide bonds. The molecule has 5 nitrogen and oxygen atoms in total. The molecule has 136 valence electrons. The second kappa shape index (κ2) is 9.68. The van der Waals surface area contributed by atoms with E-state index < -0.39 is 5.97 Å². The zero-order valence-corrected chi connectivity index (χ0v) is 14.5. The number of aromatic carboxylic acids is 1. The minimum absolute atomic E-state index is 0.0754. The van der Waals surface area contributed by atoms with Crippen molar-refractivity contribution in [1.82, 2.24) is 0 Å². The fourth-order valence-electron chi connectivity index (χ4n) is 2.29. The zero-order valence-electron chi connectivity index (χ0n) is 14.5. The van der Waals surface area contributed by atoms with E-state index in [4.69, 9.17) is 10.8 Å². The molecular weight excluding hydrogens is 342 g/mol. The number of ketones is 2. The Morgan fingerprint density at radius 2 is 1.07 bits per heavy atom. The van der Waals surface area contributed by atoms with E-state index in [1.165, 1.54) is 6.07 Å². The van der Waals surface area contributed by atoms with Crippen molar-refractivity contribution in [2.45, 2.75) is 6.42 Å². The van der Waals surface area contributed by atoms with Crippen molar-refractivity contribution < 1.29 is 19.5 Å². The van der Waals surface area contributed by atoms with E-state index in [0.717, 1.165) is 0 Å². The second-order valence-corrected chi connectivity index (χ2v) is 5.65. The number of Topliss-reactive ketones (excluding diaryl/α,β-unsaturated/α-hetero) is 2. The molecule has 0 saturated carbocycles. The molecule has 3 aromatic rings. The summed E-state index contributed by atoms with van der Waals surface area (Å²) >= 11 is 0. The molecule has 0 bridgehead atoms. The number of carbonyl (C=O) groups excluding carboxylic acids is 2. The number of benzene rings is 3. The molecule has 0 aliphatic rings. The summed E-state index contributed by atoms with van der Waals surface area (Å²) in [6.45, 7) is 0. The molecular formula is C22H19NO4. The van der Waals surface area contributed by atoms with Crippen LogP contribution >= 0.6 is 0 Å². The maximum absolute atomic E-state index is 11.8. The molecule has 0 heterocycles. The molecule has 0 fully saturated rings. The highest BCUT2D eigenvalue weighted by Gasteiger charge is 2.12. The first-order valence-corrected chi connectivity index (χ1v) is 8.23. The molecule has 3 rings (SSSR count). The first-order valence-electron chi connectivity index (χ1n) is 8.23. The highest BCUT2D eigenvalue weighted by molar-refractivity contribution is 6.13. The van der Waals surface area contributed by atoms with Gasteiger partial charge in [0.05, 0.1) is 12.0 Å². The van der Waals surface area contributed by atoms with Crippen LogP contribution in [-0.2, 0) is 0 Å². The molecule has 0 atom stereocenters. The maximum Gasteiger partial charge on any atom is 0.337 e. The van der Waals surface area contributed by atoms with Crippen LogP contribution in [-0.4, -0.2) is 22.6 Å². The van der Waals surface area contributed by atoms with Gasteiger partial charge >= 0.3 is 5.97 Å². The maximum atomic E-state index is 11.8. The van der Waals surface area contributed by atoms with E-state index >= 15 is 0 Å². The number of rotatable bonds is 5. The van der Waals surface area contributed by atoms with Crippen LogP contribution < -0.4 is 5.73 Å². The van der Waals surface area contributed by atoms with E-state index in [1.54, 1.807) is 66.7 Å². The van der Waals surface area contributed by atoms with Crippen molar-refractivity contribution in [3.05, 3.63) is 102 Å². The van der Waals surface area contributed by atoms with Gasteiger partial charge in [-0.1, -0.05) is 72.8 Å². The molecule has 0 unspecified atom stereocenters. The van der Waals surface area contributed by atoms with Crippen molar-refractivity contribution in [3.8, 4) is 0 Å². The summed E-state index contributed by atoms with van der Waals surface area (Å²) < 4.78 is 0. The monoisotopic (exact) mass is 361 g/mol. The van der Waals surface area contributed by atoms with Crippen LogP contribution in [0.25, 0.3) is 0 Å². The SMILES string of the molecule is Nc1ccccc1C(=O)O.O=C(CC(=O)c1ccccc1)c1ccccc1. The molecule has 0 aliphatic carbocycles. The highest BCUT2D eigenvalue weighted by Crippen LogP contribution is 2.09. The molecule has 5 heteroatoms. The molecule has 3 N–H and O–H groups in total. The lowest BCUT2D eigenvalue weighted by molar-refractivity contribution is 0.0697. The Labute approximate surface area is 157 Å². The number of anilines is 1. The summed E-state index contributed by atoms with van der Waals surface area (Å²) in [7, 11) is 0. The number of hydrogen-bond acceptors (Lipinski definition) is 4. The topological polar surface area (TPSA) is 97.5 Å². The molecule has 0 aromatic heterocycles. The average molecular weight is 361 g/mol. The molecule has 0 radical (unpaired) electrons. The van der Waals surface area contributed by atoms with E-state index in [9.17, 15) is 14.4 Å². The highest BCUT2D eigenvalue weighted by atomic mass is 16.4. The molecule has 0 aliphatic heterocycles. The van der Waals surface area contributed by atoms with Gasteiger partial charge in [-0.2, -0.15) is 0 Å². The summed E-state index contributed by atoms with van der Waals surface area (Å²) in [5.41, 5.74) is 6.96. The number of para-hydroxylation sites is 1. The second-order valence-electron chi connectivity index (χ2n) is 5.65. The minimum Gasteiger partial charge on any atom is -0.478 e. The van der Waals surface area contributed by atoms with Crippen molar-refractivity contribution in [1.29, 1.82) is 0 Å². The van der Waals surface area contributed by atoms with Crippen LogP contribution in [0.1, 0.15) is 37.5 Å². The van der Waals surface area contributed by atoms with Crippen LogP contribution in [0.3, 0.4) is 0 Å². The molecule has 0 spiro atoms. The summed E-state index contributed by atoms with van der Waals surface area (Å²) in [4.78, 5) is 34.0. The van der Waals surface area contributed by atoms with Crippen LogP contribution in [0.4, 0.5) is 5.69 Å². The number of nitrogens with two attached hydrogens (primary N) is 1. The molecule has 0 saturated heterocycles. The standard InChI is InChI=1S/C15H12O2.C7H7NO2/c16-14(12-7-3-1-4-8-12)11-15(17)13-9-5-2-6-10-13;8-6-4-2-1-3-5(6)7(9)10/h1-10H,11H2;1-4H,8H2,(H,9,10). The third kappa shape index (κ3) is 5.93. The van der Waals surface area contributed by atoms with E-state index in [-0.39, 0.29) is 23.6 Å². The number of nitrogen functional groups attached to an aromatic ring is 1. The molecule has 3 aromatic carbocycles. The Kier molecular flexibility index (Phi) is 7.02. The Hall–Kier alpha value is -3.73. The van der Waals surface area contributed by atoms with E-state index in [1.807, 2.05) is 12.1 Å². The van der Waals surface area contributed by atoms with Gasteiger partial charge in [0.15, 0.2) is 11.6 Å². The summed E-state index contributed by atoms with van der Waals surface area (Å²) in [6, 6.07) is 24.1. The minimum atomic E-state index is -0.988. The van der Waals surface area contributed by atoms with Crippen LogP contribution in [0.2, 0.25) is 0 Å². The summed E-state index contributed by atoms with van der Waals surface area (Å²) in [5.74, 6) is -1.27. The predicted molar refractivity (Wildman–Crippen MR) is 104 cm³/mol. The lowest BCUT2D eigenvalue weighted by Crippen LogP contribution is -2.08. The first kappa shape index (κ1) is 19.6. The van der Waals surface area contributed by atoms with Gasteiger partial charge in [-0.3, -0.25) is 9.59 Å². The van der Waals surface area contributed by atoms with Crippen LogP contribution in [0.15, 0.2) is 84.9 Å². The van der Waals surface area contributed by atoms with Gasteiger partial charge in [0.1, 0.15) is 0 Å². The number of carbonyl (C=O) groups is 3. The average Bonchev–Trinajstić information content (AvgIpc) is 2.70. The van der Waals surface area contributed by atoms with Crippen LogP contribution in [0, 0.1) is 0 Å². The summed E-state index contributed by atoms with van der Waals surface area (Å²) in [6.07, 6.45) is -0.0754. The Morgan fingerprint density at radius 3 is 1.44 bits per heavy atom. The van der Waals surface area contributed by atoms with Gasteiger partial charge in [-0.05, 0) is 12.1 Å². The van der Waals surface area contributed by atoms with Gasteiger partial charge in [0.2, 0.25) is 0 Å². The fourth-order valence-corrected chi connectivity index (χ4v) is 2.29. The van der Waals surface area contributed by atoms with Gasteiger partial charge in [-0.25, -0.2) is 4.79 Å².